The third-order valence-corrected chi connectivity index (χ3v) is 14.4. The summed E-state index contributed by atoms with van der Waals surface area (Å²) in [5.74, 6) is 1.62. The Bertz CT molecular complexity index is 3330. The van der Waals surface area contributed by atoms with Crippen molar-refractivity contribution in [1.29, 1.82) is 0 Å². The monoisotopic (exact) mass is 1080 g/mol. The van der Waals surface area contributed by atoms with Crippen LogP contribution in [0, 0.1) is 17.9 Å². The van der Waals surface area contributed by atoms with Crippen LogP contribution in [0.4, 0.5) is 0 Å². The van der Waals surface area contributed by atoms with Crippen LogP contribution in [-0.4, -0.2) is 19.6 Å². The molecule has 0 saturated heterocycles. The van der Waals surface area contributed by atoms with Crippen molar-refractivity contribution < 1.29 is 28.9 Å². The molecular weight excluding hydrogens is 1020 g/mol. The van der Waals surface area contributed by atoms with Gasteiger partial charge in [-0.1, -0.05) is 204 Å². The quantitative estimate of drug-likeness (QED) is 0.131. The number of fused-ring (bicyclic) bond motifs is 1. The number of phenolic OH excluding ortho intramolecular Hbond substituents is 1. The average Bonchev–Trinajstić information content (AvgIpc) is 4.20. The van der Waals surface area contributed by atoms with Gasteiger partial charge in [0, 0.05) is 41.3 Å². The maximum atomic E-state index is 11.9. The first kappa shape index (κ1) is 43.9. The topological polar surface area (TPSA) is 50.9 Å². The van der Waals surface area contributed by atoms with Gasteiger partial charge < -0.3 is 5.11 Å². The third kappa shape index (κ3) is 9.79. The molecule has 7 aromatic carbocycles. The van der Waals surface area contributed by atoms with Crippen LogP contribution in [0.2, 0.25) is 0 Å². The molecule has 4 nitrogen and oxygen atoms in total. The fraction of sp³-hybridized carbons (Fsp3) is 0.250. The van der Waals surface area contributed by atoms with Crippen molar-refractivity contribution >= 4 is 11.0 Å². The van der Waals surface area contributed by atoms with Gasteiger partial charge in [0.2, 0.25) is 0 Å². The summed E-state index contributed by atoms with van der Waals surface area (Å²) in [6.07, 6.45) is 10.9. The van der Waals surface area contributed by atoms with Crippen LogP contribution in [-0.2, 0) is 39.3 Å². The van der Waals surface area contributed by atoms with Crippen molar-refractivity contribution in [1.82, 2.24) is 14.5 Å². The number of imidazole rings is 1. The molecule has 0 aliphatic heterocycles. The molecule has 2 aromatic heterocycles. The van der Waals surface area contributed by atoms with Gasteiger partial charge in [-0.3, -0.25) is 9.55 Å². The smallest absolute Gasteiger partial charge is 0.148 e. The Kier molecular flexibility index (Phi) is 12.7. The number of hydrogen-bond acceptors (Lipinski definition) is 3. The van der Waals surface area contributed by atoms with Gasteiger partial charge in [0.05, 0.1) is 22.3 Å². The molecule has 0 amide bonds. The normalized spacial score (nSPS) is 15.0. The van der Waals surface area contributed by atoms with Crippen LogP contribution >= 0.6 is 0 Å². The minimum atomic E-state index is -1.35. The van der Waals surface area contributed by atoms with Crippen LogP contribution in [0.1, 0.15) is 91.6 Å². The minimum Gasteiger partial charge on any atom is -0.507 e. The number of aromatic hydroxyl groups is 1. The van der Waals surface area contributed by atoms with E-state index in [0.717, 1.165) is 116 Å². The molecule has 1 N–H and O–H groups in total. The summed E-state index contributed by atoms with van der Waals surface area (Å²) in [7, 11) is 0. The van der Waals surface area contributed by atoms with E-state index in [1.807, 2.05) is 54.7 Å². The van der Waals surface area contributed by atoms with Gasteiger partial charge >= 0.3 is 0 Å². The molecule has 2 aliphatic rings. The summed E-state index contributed by atoms with van der Waals surface area (Å²) in [5, 5.41) is 11.9. The van der Waals surface area contributed by atoms with Crippen LogP contribution in [0.5, 0.6) is 5.75 Å². The molecule has 0 atom stereocenters. The van der Waals surface area contributed by atoms with E-state index < -0.39 is 6.37 Å². The molecule has 2 aliphatic carbocycles. The van der Waals surface area contributed by atoms with Crippen LogP contribution < -0.4 is 0 Å². The van der Waals surface area contributed by atoms with Crippen molar-refractivity contribution in [2.75, 3.05) is 0 Å². The third-order valence-electron chi connectivity index (χ3n) is 14.4. The molecule has 11 rings (SSSR count). The van der Waals surface area contributed by atoms with Crippen molar-refractivity contribution in [3.8, 4) is 78.6 Å². The zero-order valence-electron chi connectivity index (χ0n) is 41.8. The molecule has 9 aromatic rings. The number of nitrogens with zero attached hydrogens (tertiary/aromatic N) is 3. The van der Waals surface area contributed by atoms with E-state index in [4.69, 9.17) is 12.7 Å². The maximum absolute atomic E-state index is 11.9. The Hall–Kier alpha value is -6.35. The van der Waals surface area contributed by atoms with E-state index in [0.29, 0.717) is 17.3 Å². The second-order valence-corrected chi connectivity index (χ2v) is 20.2. The van der Waals surface area contributed by atoms with E-state index in [-0.39, 0.29) is 38.1 Å². The molecule has 69 heavy (non-hydrogen) atoms. The predicted octanol–water partition coefficient (Wildman–Crippen LogP) is 16.7. The fourth-order valence-electron chi connectivity index (χ4n) is 10.7. The van der Waals surface area contributed by atoms with Crippen molar-refractivity contribution in [3.05, 3.63) is 193 Å². The molecule has 0 bridgehead atoms. The largest absolute Gasteiger partial charge is 0.507 e. The second-order valence-electron chi connectivity index (χ2n) is 20.2. The van der Waals surface area contributed by atoms with Gasteiger partial charge in [0.1, 0.15) is 11.6 Å². The minimum absolute atomic E-state index is 0. The van der Waals surface area contributed by atoms with E-state index in [9.17, 15) is 5.11 Å². The Morgan fingerprint density at radius 3 is 1.99 bits per heavy atom. The van der Waals surface area contributed by atoms with Gasteiger partial charge in [0.15, 0.2) is 0 Å². The van der Waals surface area contributed by atoms with Gasteiger partial charge in [0.25, 0.3) is 0 Å². The maximum Gasteiger partial charge on any atom is 0.148 e. The van der Waals surface area contributed by atoms with Crippen LogP contribution in [0.3, 0.4) is 0 Å². The summed E-state index contributed by atoms with van der Waals surface area (Å²) >= 11 is 0. The fourth-order valence-corrected chi connectivity index (χ4v) is 10.7. The van der Waals surface area contributed by atoms with Crippen molar-refractivity contribution in [3.63, 3.8) is 0 Å². The molecule has 348 valence electrons. The first-order valence-corrected chi connectivity index (χ1v) is 24.7. The number of phenols is 1. The molecule has 5 heteroatoms. The molecule has 2 saturated carbocycles. The molecule has 0 unspecified atom stereocenters. The van der Waals surface area contributed by atoms with Crippen LogP contribution in [0.15, 0.2) is 170 Å². The summed E-state index contributed by atoms with van der Waals surface area (Å²) < 4.78 is 20.2. The van der Waals surface area contributed by atoms with E-state index in [1.54, 1.807) is 0 Å². The second kappa shape index (κ2) is 19.9. The Labute approximate surface area is 425 Å². The summed E-state index contributed by atoms with van der Waals surface area (Å²) in [4.78, 5) is 10.6. The van der Waals surface area contributed by atoms with E-state index in [1.165, 1.54) is 31.2 Å². The molecule has 2 fully saturated rings. The van der Waals surface area contributed by atoms with E-state index >= 15 is 0 Å². The summed E-state index contributed by atoms with van der Waals surface area (Å²) in [5.41, 5.74) is 16.3. The van der Waals surface area contributed by atoms with Gasteiger partial charge in [-0.15, -0.1) is 23.8 Å². The van der Waals surface area contributed by atoms with E-state index in [2.05, 4.69) is 147 Å². The molecule has 0 spiro atoms. The van der Waals surface area contributed by atoms with Crippen molar-refractivity contribution in [2.24, 2.45) is 11.8 Å². The Morgan fingerprint density at radius 2 is 1.26 bits per heavy atom. The number of para-hydroxylation sites is 1. The molecule has 0 radical (unpaired) electrons. The van der Waals surface area contributed by atoms with Crippen molar-refractivity contribution in [2.45, 2.75) is 90.3 Å². The summed E-state index contributed by atoms with van der Waals surface area (Å²) in [6.45, 7) is 6.60. The number of benzene rings is 7. The van der Waals surface area contributed by atoms with Gasteiger partial charge in [-0.2, -0.15) is 0 Å². The Balaban J connectivity index is 0.00000582. The van der Waals surface area contributed by atoms with Crippen LogP contribution in [0.25, 0.3) is 83.9 Å². The zero-order chi connectivity index (χ0) is 48.0. The van der Waals surface area contributed by atoms with Gasteiger partial charge in [-0.05, 0) is 105 Å². The van der Waals surface area contributed by atoms with Gasteiger partial charge in [-0.25, -0.2) is 4.98 Å². The number of aromatic nitrogens is 3. The molecular formula is C64H60N3OPt-. The SMILES string of the molecule is [2H]C([2H])(c1ccc(-c2ccnc(-c3[c-]c(-c4cccc5c4nc(-c4cc(C(C)(C)C)ccc4O)n5-c4ccc(CC5CCCC5)cc4-c4ccccc4)cc(-c4ccccc4)c3)c2)cc1)C1CCCC1.[Pt]. The number of rotatable bonds is 11. The zero-order valence-corrected chi connectivity index (χ0v) is 42.1. The average molecular weight is 1080 g/mol. The number of hydrogen-bond donors (Lipinski definition) is 1. The first-order valence-electron chi connectivity index (χ1n) is 25.7. The standard InChI is InChI=1S/C64H60N3O.Pt/c1-64(2,3)54-30-32-61(68)57(42-54)63-66-62-55(23-14-24-60(62)67(63)59-31-27-46(36-44-17-12-13-18-44)37-56(59)49-21-8-5-9-22-49)52-38-51(47-19-6-4-7-20-47)39-53(40-52)58-41-50(33-34-65-58)48-28-25-45(26-29-48)35-43-15-10-11-16-43;/h4-9,14,19-34,37-39,41-44,68H,10-13,15-18,35-36H2,1-3H3;/q-1;/i35D2;. The first-order chi connectivity index (χ1) is 34.0. The number of pyridine rings is 1. The predicted molar refractivity (Wildman–Crippen MR) is 282 cm³/mol. The Morgan fingerprint density at radius 1 is 0.594 bits per heavy atom. The molecule has 2 heterocycles. The summed E-state index contributed by atoms with van der Waals surface area (Å²) in [6, 6.07) is 60.8.